The van der Waals surface area contributed by atoms with E-state index in [1.54, 1.807) is 0 Å². The molecule has 1 N–H and O–H groups in total. The molecule has 2 aromatic carbocycles. The molecular weight excluding hydrogens is 345 g/mol. The van der Waals surface area contributed by atoms with Gasteiger partial charge >= 0.3 is 0 Å². The smallest absolute Gasteiger partial charge is 0.282 e. The minimum absolute atomic E-state index is 0.0604. The first-order valence-electron chi connectivity index (χ1n) is 7.57. The van der Waals surface area contributed by atoms with Crippen molar-refractivity contribution in [3.05, 3.63) is 69.5 Å². The van der Waals surface area contributed by atoms with Crippen LogP contribution in [0.1, 0.15) is 27.1 Å². The molecule has 2 aromatic rings. The molecule has 0 aliphatic carbocycles. The lowest BCUT2D eigenvalue weighted by atomic mass is 10.1. The number of fused-ring (bicyclic) bond motifs is 1. The topological polar surface area (TPSA) is 110 Å². The molecule has 8 nitrogen and oxygen atoms in total. The Morgan fingerprint density at radius 1 is 1.15 bits per heavy atom. The Bertz CT molecular complexity index is 944. The number of carbonyl (C=O) groups excluding carboxylic acids is 3. The lowest BCUT2D eigenvalue weighted by Crippen LogP contribution is -2.33. The second-order valence-electron chi connectivity index (χ2n) is 5.53. The zero-order valence-electron chi connectivity index (χ0n) is 13.3. The van der Waals surface area contributed by atoms with Crippen LogP contribution in [0.3, 0.4) is 0 Å². The molecule has 9 heteroatoms. The number of imide groups is 1. The number of anilines is 1. The summed E-state index contributed by atoms with van der Waals surface area (Å²) in [6.45, 7) is -0.245. The molecule has 0 unspecified atom stereocenters. The first-order valence-corrected chi connectivity index (χ1v) is 7.57. The number of hydrogen-bond acceptors (Lipinski definition) is 5. The summed E-state index contributed by atoms with van der Waals surface area (Å²) in [6, 6.07) is 9.06. The van der Waals surface area contributed by atoms with Crippen LogP contribution in [0, 0.1) is 15.9 Å². The third-order valence-electron chi connectivity index (χ3n) is 3.84. The Morgan fingerprint density at radius 3 is 2.58 bits per heavy atom. The molecule has 0 spiro atoms. The number of nitro benzene ring substituents is 1. The van der Waals surface area contributed by atoms with Crippen molar-refractivity contribution in [3.63, 3.8) is 0 Å². The van der Waals surface area contributed by atoms with Crippen LogP contribution in [0.15, 0.2) is 42.5 Å². The van der Waals surface area contributed by atoms with Crippen molar-refractivity contribution in [2.24, 2.45) is 0 Å². The van der Waals surface area contributed by atoms with Crippen molar-refractivity contribution in [2.45, 2.75) is 6.42 Å². The molecule has 0 saturated carbocycles. The highest BCUT2D eigenvalue weighted by Gasteiger charge is 2.40. The number of hydrogen-bond donors (Lipinski definition) is 1. The average Bonchev–Trinajstić information content (AvgIpc) is 2.84. The maximum Gasteiger partial charge on any atom is 0.282 e. The second kappa shape index (κ2) is 6.71. The standard InChI is InChI=1S/C17H12FN3O5/c18-10-3-1-4-11(9-10)19-14(22)7-8-20-16(23)12-5-2-6-13(21(25)26)15(12)17(20)24/h1-6,9H,7-8H2,(H,19,22). The largest absolute Gasteiger partial charge is 0.326 e. The maximum absolute atomic E-state index is 13.1. The van der Waals surface area contributed by atoms with E-state index in [4.69, 9.17) is 0 Å². The molecule has 132 valence electrons. The van der Waals surface area contributed by atoms with Crippen LogP contribution in [-0.4, -0.2) is 34.1 Å². The molecule has 3 rings (SSSR count). The monoisotopic (exact) mass is 357 g/mol. The second-order valence-corrected chi connectivity index (χ2v) is 5.53. The molecule has 3 amide bonds. The van der Waals surface area contributed by atoms with Crippen LogP contribution in [-0.2, 0) is 4.79 Å². The Hall–Kier alpha value is -3.62. The summed E-state index contributed by atoms with van der Waals surface area (Å²) < 4.78 is 13.1. The van der Waals surface area contributed by atoms with Crippen LogP contribution in [0.25, 0.3) is 0 Å². The molecule has 0 aromatic heterocycles. The van der Waals surface area contributed by atoms with E-state index in [0.717, 1.165) is 17.0 Å². The van der Waals surface area contributed by atoms with Gasteiger partial charge in [0.25, 0.3) is 17.5 Å². The third-order valence-corrected chi connectivity index (χ3v) is 3.84. The van der Waals surface area contributed by atoms with E-state index in [1.807, 2.05) is 0 Å². The van der Waals surface area contributed by atoms with Gasteiger partial charge in [-0.25, -0.2) is 4.39 Å². The molecule has 1 aliphatic rings. The summed E-state index contributed by atoms with van der Waals surface area (Å²) in [4.78, 5) is 47.7. The average molecular weight is 357 g/mol. The summed E-state index contributed by atoms with van der Waals surface area (Å²) >= 11 is 0. The lowest BCUT2D eigenvalue weighted by Gasteiger charge is -2.13. The molecule has 0 bridgehead atoms. The quantitative estimate of drug-likeness (QED) is 0.502. The summed E-state index contributed by atoms with van der Waals surface area (Å²) in [5, 5.41) is 13.5. The molecule has 0 atom stereocenters. The van der Waals surface area contributed by atoms with Crippen LogP contribution >= 0.6 is 0 Å². The van der Waals surface area contributed by atoms with Gasteiger partial charge in [0, 0.05) is 24.7 Å². The number of amides is 3. The Kier molecular flexibility index (Phi) is 4.44. The summed E-state index contributed by atoms with van der Waals surface area (Å²) in [5.74, 6) is -2.54. The van der Waals surface area contributed by atoms with Crippen molar-refractivity contribution in [2.75, 3.05) is 11.9 Å². The molecular formula is C17H12FN3O5. The fraction of sp³-hybridized carbons (Fsp3) is 0.118. The number of halogens is 1. The minimum atomic E-state index is -0.809. The van der Waals surface area contributed by atoms with Gasteiger partial charge in [-0.05, 0) is 24.3 Å². The van der Waals surface area contributed by atoms with Crippen molar-refractivity contribution in [3.8, 4) is 0 Å². The van der Waals surface area contributed by atoms with Crippen LogP contribution in [0.4, 0.5) is 15.8 Å². The van der Waals surface area contributed by atoms with Gasteiger partial charge < -0.3 is 5.32 Å². The fourth-order valence-electron chi connectivity index (χ4n) is 2.67. The summed E-state index contributed by atoms with van der Waals surface area (Å²) in [7, 11) is 0. The van der Waals surface area contributed by atoms with Gasteiger partial charge in [0.2, 0.25) is 5.91 Å². The number of nitrogens with one attached hydrogen (secondary N) is 1. The number of carbonyl (C=O) groups is 3. The Morgan fingerprint density at radius 2 is 1.88 bits per heavy atom. The molecule has 0 radical (unpaired) electrons. The van der Waals surface area contributed by atoms with Crippen LogP contribution in [0.5, 0.6) is 0 Å². The maximum atomic E-state index is 13.1. The lowest BCUT2D eigenvalue weighted by molar-refractivity contribution is -0.385. The zero-order chi connectivity index (χ0) is 18.8. The third kappa shape index (κ3) is 3.14. The van der Waals surface area contributed by atoms with E-state index in [9.17, 15) is 28.9 Å². The van der Waals surface area contributed by atoms with Gasteiger partial charge in [-0.1, -0.05) is 12.1 Å². The molecule has 1 heterocycles. The molecule has 26 heavy (non-hydrogen) atoms. The number of rotatable bonds is 5. The van der Waals surface area contributed by atoms with Crippen molar-refractivity contribution >= 4 is 29.1 Å². The van der Waals surface area contributed by atoms with Gasteiger partial charge in [-0.2, -0.15) is 0 Å². The summed E-state index contributed by atoms with van der Waals surface area (Å²) in [6.07, 6.45) is -0.226. The SMILES string of the molecule is O=C(CCN1C(=O)c2cccc([N+](=O)[O-])c2C1=O)Nc1cccc(F)c1. The molecule has 1 aliphatic heterocycles. The number of nitro groups is 1. The van der Waals surface area contributed by atoms with Gasteiger partial charge in [-0.15, -0.1) is 0 Å². The predicted octanol–water partition coefficient (Wildman–Crippen LogP) is 2.36. The van der Waals surface area contributed by atoms with E-state index in [2.05, 4.69) is 5.32 Å². The van der Waals surface area contributed by atoms with E-state index in [1.165, 1.54) is 30.3 Å². The summed E-state index contributed by atoms with van der Waals surface area (Å²) in [5.41, 5.74) is -0.539. The Labute approximate surface area is 146 Å². The van der Waals surface area contributed by atoms with Crippen LogP contribution < -0.4 is 5.32 Å². The zero-order valence-corrected chi connectivity index (χ0v) is 13.3. The highest BCUT2D eigenvalue weighted by atomic mass is 19.1. The fourth-order valence-corrected chi connectivity index (χ4v) is 2.67. The highest BCUT2D eigenvalue weighted by molar-refractivity contribution is 6.23. The van der Waals surface area contributed by atoms with Crippen molar-refractivity contribution in [1.29, 1.82) is 0 Å². The van der Waals surface area contributed by atoms with E-state index in [0.29, 0.717) is 0 Å². The molecule has 0 saturated heterocycles. The van der Waals surface area contributed by atoms with E-state index in [-0.39, 0.29) is 29.8 Å². The number of benzene rings is 2. The van der Waals surface area contributed by atoms with Crippen molar-refractivity contribution in [1.82, 2.24) is 4.90 Å². The first kappa shape index (κ1) is 17.2. The van der Waals surface area contributed by atoms with E-state index >= 15 is 0 Å². The predicted molar refractivity (Wildman–Crippen MR) is 88.1 cm³/mol. The van der Waals surface area contributed by atoms with Gasteiger partial charge in [0.1, 0.15) is 11.4 Å². The van der Waals surface area contributed by atoms with Crippen LogP contribution in [0.2, 0.25) is 0 Å². The Balaban J connectivity index is 1.70. The van der Waals surface area contributed by atoms with Gasteiger partial charge in [0.05, 0.1) is 10.5 Å². The number of nitrogens with zero attached hydrogens (tertiary/aromatic N) is 2. The normalized spacial score (nSPS) is 12.9. The first-order chi connectivity index (χ1) is 12.4. The van der Waals surface area contributed by atoms with E-state index < -0.39 is 34.1 Å². The van der Waals surface area contributed by atoms with Gasteiger partial charge in [-0.3, -0.25) is 29.4 Å². The van der Waals surface area contributed by atoms with Crippen molar-refractivity contribution < 1.29 is 23.7 Å². The highest BCUT2D eigenvalue weighted by Crippen LogP contribution is 2.30. The van der Waals surface area contributed by atoms with Gasteiger partial charge in [0.15, 0.2) is 0 Å². The minimum Gasteiger partial charge on any atom is -0.326 e. The molecule has 0 fully saturated rings.